The number of anilines is 1. The average Bonchev–Trinajstić information content (AvgIpc) is 3.00. The third-order valence-corrected chi connectivity index (χ3v) is 10.7. The van der Waals surface area contributed by atoms with Gasteiger partial charge in [-0.25, -0.2) is 21.6 Å². The number of aliphatic hydroxyl groups is 1. The third-order valence-electron chi connectivity index (χ3n) is 8.01. The second kappa shape index (κ2) is 11.7. The zero-order valence-electron chi connectivity index (χ0n) is 21.8. The molecule has 2 saturated carbocycles. The van der Waals surface area contributed by atoms with Crippen molar-refractivity contribution in [3.63, 3.8) is 0 Å². The molecule has 13 heteroatoms. The number of benzene rings is 2. The van der Waals surface area contributed by atoms with E-state index < -0.39 is 55.9 Å². The lowest BCUT2D eigenvalue weighted by Crippen LogP contribution is -2.51. The van der Waals surface area contributed by atoms with Crippen LogP contribution in [0.3, 0.4) is 0 Å². The van der Waals surface area contributed by atoms with E-state index in [9.17, 15) is 36.3 Å². The molecule has 0 spiro atoms. The molecule has 0 aliphatic heterocycles. The van der Waals surface area contributed by atoms with E-state index in [2.05, 4.69) is 10.6 Å². The number of nitrogens with one attached hydrogen (secondary N) is 2. The number of sulfone groups is 1. The van der Waals surface area contributed by atoms with Crippen LogP contribution in [0.5, 0.6) is 0 Å². The fraction of sp³-hybridized carbons (Fsp3) is 0.481. The van der Waals surface area contributed by atoms with Gasteiger partial charge in [-0.2, -0.15) is 0 Å². The van der Waals surface area contributed by atoms with Gasteiger partial charge in [-0.1, -0.05) is 18.5 Å². The summed E-state index contributed by atoms with van der Waals surface area (Å²) in [7, 11) is -2.59. The quantitative estimate of drug-likeness (QED) is 0.293. The number of methoxy groups -OCH3 is 1. The highest BCUT2D eigenvalue weighted by Gasteiger charge is 2.59. The maximum atomic E-state index is 13.8. The Morgan fingerprint density at radius 3 is 2.42 bits per heavy atom. The van der Waals surface area contributed by atoms with Gasteiger partial charge in [0.25, 0.3) is 5.91 Å². The Labute approximate surface area is 235 Å². The van der Waals surface area contributed by atoms with Gasteiger partial charge in [0.05, 0.1) is 33.8 Å². The summed E-state index contributed by atoms with van der Waals surface area (Å²) in [5, 5.41) is 15.4. The molecule has 2 unspecified atom stereocenters. The van der Waals surface area contributed by atoms with Gasteiger partial charge in [0, 0.05) is 37.0 Å². The molecule has 2 fully saturated rings. The summed E-state index contributed by atoms with van der Waals surface area (Å²) in [6.07, 6.45) is 0.609. The fourth-order valence-electron chi connectivity index (χ4n) is 6.06. The first-order valence-electron chi connectivity index (χ1n) is 12.7. The second-order valence-electron chi connectivity index (χ2n) is 10.5. The lowest BCUT2D eigenvalue weighted by Gasteiger charge is -2.42. The predicted molar refractivity (Wildman–Crippen MR) is 141 cm³/mol. The Bertz CT molecular complexity index is 1400. The second-order valence-corrected chi connectivity index (χ2v) is 13.1. The number of hydrogen-bond acceptors (Lipinski definition) is 6. The van der Waals surface area contributed by atoms with Gasteiger partial charge in [-0.3, -0.25) is 9.59 Å². The topological polar surface area (TPSA) is 122 Å². The summed E-state index contributed by atoms with van der Waals surface area (Å²) < 4.78 is 72.8. The first kappa shape index (κ1) is 30.3. The minimum atomic E-state index is -4.10. The molecule has 0 saturated heterocycles. The van der Waals surface area contributed by atoms with Crippen LogP contribution < -0.4 is 10.6 Å². The smallest absolute Gasteiger partial charge is 0.255 e. The molecule has 2 aromatic rings. The van der Waals surface area contributed by atoms with E-state index >= 15 is 0 Å². The molecular weight excluding hydrogens is 573 g/mol. The number of amides is 2. The molecule has 40 heavy (non-hydrogen) atoms. The Hall–Kier alpha value is -2.67. The normalized spacial score (nSPS) is 26.0. The molecule has 8 nitrogen and oxygen atoms in total. The van der Waals surface area contributed by atoms with Crippen molar-refractivity contribution in [3.8, 4) is 0 Å². The maximum absolute atomic E-state index is 13.8. The largest absolute Gasteiger partial charge is 0.389 e. The summed E-state index contributed by atoms with van der Waals surface area (Å²) in [4.78, 5) is 25.0. The van der Waals surface area contributed by atoms with Crippen LogP contribution in [0.15, 0.2) is 35.2 Å². The van der Waals surface area contributed by atoms with Crippen molar-refractivity contribution >= 4 is 38.9 Å². The molecule has 4 rings (SSSR count). The zero-order valence-corrected chi connectivity index (χ0v) is 23.4. The molecule has 3 N–H and O–H groups in total. The molecular formula is C27H30ClF3N2O6S. The van der Waals surface area contributed by atoms with E-state index in [4.69, 9.17) is 16.3 Å². The highest BCUT2D eigenvalue weighted by molar-refractivity contribution is 7.92. The van der Waals surface area contributed by atoms with Crippen molar-refractivity contribution in [2.75, 3.05) is 25.6 Å². The van der Waals surface area contributed by atoms with Gasteiger partial charge >= 0.3 is 0 Å². The van der Waals surface area contributed by atoms with E-state index in [0.717, 1.165) is 6.07 Å². The molecule has 0 aromatic heterocycles. The molecule has 2 aliphatic rings. The Kier molecular flexibility index (Phi) is 8.84. The van der Waals surface area contributed by atoms with Crippen molar-refractivity contribution in [3.05, 3.63) is 58.4 Å². The van der Waals surface area contributed by atoms with Crippen molar-refractivity contribution in [1.29, 1.82) is 0 Å². The van der Waals surface area contributed by atoms with E-state index in [-0.39, 0.29) is 52.3 Å². The number of carbonyl (C=O) groups is 2. The fourth-order valence-corrected chi connectivity index (χ4v) is 8.44. The molecule has 0 radical (unpaired) electrons. The van der Waals surface area contributed by atoms with Gasteiger partial charge < -0.3 is 20.5 Å². The van der Waals surface area contributed by atoms with Crippen LogP contribution >= 0.6 is 11.6 Å². The molecule has 2 bridgehead atoms. The van der Waals surface area contributed by atoms with Crippen LogP contribution in [0, 0.1) is 35.2 Å². The van der Waals surface area contributed by atoms with Gasteiger partial charge in [0.15, 0.2) is 27.3 Å². The summed E-state index contributed by atoms with van der Waals surface area (Å²) in [5.74, 6) is -6.82. The summed E-state index contributed by atoms with van der Waals surface area (Å²) in [5.41, 5.74) is -1.86. The van der Waals surface area contributed by atoms with Crippen LogP contribution in [-0.2, 0) is 19.4 Å². The van der Waals surface area contributed by atoms with E-state index in [0.29, 0.717) is 31.7 Å². The van der Waals surface area contributed by atoms with E-state index in [1.54, 1.807) is 0 Å². The number of rotatable bonds is 9. The number of carbonyl (C=O) groups excluding carboxylic acids is 2. The van der Waals surface area contributed by atoms with Gasteiger partial charge in [-0.15, -0.1) is 0 Å². The molecule has 2 amide bonds. The molecule has 0 heterocycles. The third kappa shape index (κ3) is 5.86. The van der Waals surface area contributed by atoms with Crippen molar-refractivity contribution in [2.45, 2.75) is 48.4 Å². The molecule has 2 aliphatic carbocycles. The standard InChI is InChI=1S/C27H30ClF3N2O6S/c1-14-7-16-9-18(12-19(14)27(16,36)13-24(34)32-5-6-39-2)40(37,38)23-8-15(3-4-20(23)28)26(35)33-17-10-21(29)25(31)22(30)11-17/h3-4,8,10-11,14,16,18-19,36H,5-7,9,12-13H2,1-2H3,(H,32,34)(H,33,35)/t14-,16?,18+,19?,27+/m0/s1. The van der Waals surface area contributed by atoms with E-state index in [1.807, 2.05) is 6.92 Å². The Balaban J connectivity index is 1.54. The maximum Gasteiger partial charge on any atom is 0.255 e. The zero-order chi connectivity index (χ0) is 29.4. The minimum absolute atomic E-state index is 0.0222. The molecule has 218 valence electrons. The lowest BCUT2D eigenvalue weighted by atomic mass is 9.71. The van der Waals surface area contributed by atoms with Crippen LogP contribution in [-0.4, -0.2) is 56.5 Å². The first-order chi connectivity index (χ1) is 18.8. The first-order valence-corrected chi connectivity index (χ1v) is 14.7. The van der Waals surface area contributed by atoms with Crippen LogP contribution in [0.2, 0.25) is 5.02 Å². The van der Waals surface area contributed by atoms with E-state index in [1.165, 1.54) is 19.2 Å². The van der Waals surface area contributed by atoms with Crippen LogP contribution in [0.4, 0.5) is 18.9 Å². The van der Waals surface area contributed by atoms with Crippen molar-refractivity contribution in [2.24, 2.45) is 17.8 Å². The van der Waals surface area contributed by atoms with Gasteiger partial charge in [0.2, 0.25) is 5.91 Å². The number of ether oxygens (including phenoxy) is 1. The minimum Gasteiger partial charge on any atom is -0.389 e. The monoisotopic (exact) mass is 602 g/mol. The summed E-state index contributed by atoms with van der Waals surface area (Å²) >= 11 is 6.26. The number of fused-ring (bicyclic) bond motifs is 2. The number of hydrogen-bond donors (Lipinski definition) is 3. The Morgan fingerprint density at radius 1 is 1.12 bits per heavy atom. The summed E-state index contributed by atoms with van der Waals surface area (Å²) in [6.45, 7) is 2.54. The van der Waals surface area contributed by atoms with Gasteiger partial charge in [-0.05, 0) is 55.2 Å². The highest BCUT2D eigenvalue weighted by Crippen LogP contribution is 2.56. The van der Waals surface area contributed by atoms with Crippen LogP contribution in [0.25, 0.3) is 0 Å². The Morgan fingerprint density at radius 2 is 1.80 bits per heavy atom. The lowest BCUT2D eigenvalue weighted by molar-refractivity contribution is -0.133. The highest BCUT2D eigenvalue weighted by atomic mass is 35.5. The predicted octanol–water partition coefficient (Wildman–Crippen LogP) is 4.10. The summed E-state index contributed by atoms with van der Waals surface area (Å²) in [6, 6.07) is 4.76. The average molecular weight is 603 g/mol. The SMILES string of the molecule is COCCNC(=O)C[C@@]1(O)C2C[C@@H](S(=O)(=O)c3cc(C(=O)Nc4cc(F)c(F)c(F)c4)ccc3Cl)CC1[C@@H](C)C2. The van der Waals surface area contributed by atoms with Crippen LogP contribution in [0.1, 0.15) is 43.0 Å². The van der Waals surface area contributed by atoms with Crippen molar-refractivity contribution < 1.29 is 41.0 Å². The van der Waals surface area contributed by atoms with Gasteiger partial charge in [0.1, 0.15) is 0 Å². The number of halogens is 4. The van der Waals surface area contributed by atoms with Crippen molar-refractivity contribution in [1.82, 2.24) is 5.32 Å². The molecule has 2 aromatic carbocycles. The molecule has 5 atom stereocenters.